The summed E-state index contributed by atoms with van der Waals surface area (Å²) >= 11 is 2.03. The molecule has 0 radical (unpaired) electrons. The third kappa shape index (κ3) is 4.03. The van der Waals surface area contributed by atoms with Gasteiger partial charge in [-0.05, 0) is 44.4 Å². The number of benzene rings is 1. The van der Waals surface area contributed by atoms with Crippen LogP contribution in [0.3, 0.4) is 0 Å². The standard InChI is InChI=1S/C16H25NS/c1-13(11-12-14-7-4-3-5-8-14)17-15-9-6-10-16(15)18-2/h3-5,7-8,13,15-17H,6,9-12H2,1-2H3. The van der Waals surface area contributed by atoms with Crippen molar-refractivity contribution >= 4 is 11.8 Å². The Balaban J connectivity index is 1.73. The average Bonchev–Trinajstić information content (AvgIpc) is 2.85. The van der Waals surface area contributed by atoms with Crippen LogP contribution in [-0.4, -0.2) is 23.6 Å². The summed E-state index contributed by atoms with van der Waals surface area (Å²) in [7, 11) is 0. The second-order valence-electron chi connectivity index (χ2n) is 5.40. The van der Waals surface area contributed by atoms with Crippen LogP contribution in [0, 0.1) is 0 Å². The maximum absolute atomic E-state index is 3.83. The first-order valence-electron chi connectivity index (χ1n) is 7.12. The lowest BCUT2D eigenvalue weighted by atomic mass is 10.1. The van der Waals surface area contributed by atoms with Crippen molar-refractivity contribution in [1.82, 2.24) is 5.32 Å². The van der Waals surface area contributed by atoms with Gasteiger partial charge in [0.05, 0.1) is 0 Å². The van der Waals surface area contributed by atoms with Gasteiger partial charge in [0.2, 0.25) is 0 Å². The van der Waals surface area contributed by atoms with E-state index in [9.17, 15) is 0 Å². The number of aryl methyl sites for hydroxylation is 1. The molecule has 3 atom stereocenters. The van der Waals surface area contributed by atoms with E-state index in [4.69, 9.17) is 0 Å². The van der Waals surface area contributed by atoms with Crippen LogP contribution in [-0.2, 0) is 6.42 Å². The van der Waals surface area contributed by atoms with E-state index in [-0.39, 0.29) is 0 Å². The van der Waals surface area contributed by atoms with Crippen molar-refractivity contribution in [3.63, 3.8) is 0 Å². The first-order valence-corrected chi connectivity index (χ1v) is 8.41. The number of hydrogen-bond acceptors (Lipinski definition) is 2. The molecule has 1 aliphatic carbocycles. The zero-order valence-corrected chi connectivity index (χ0v) is 12.4. The lowest BCUT2D eigenvalue weighted by molar-refractivity contribution is 0.436. The molecule has 2 rings (SSSR count). The lowest BCUT2D eigenvalue weighted by Gasteiger charge is -2.24. The SMILES string of the molecule is CSC1CCCC1NC(C)CCc1ccccc1. The highest BCUT2D eigenvalue weighted by Crippen LogP contribution is 2.28. The van der Waals surface area contributed by atoms with E-state index >= 15 is 0 Å². The molecule has 1 fully saturated rings. The number of thioether (sulfide) groups is 1. The Hall–Kier alpha value is -0.470. The molecule has 100 valence electrons. The Morgan fingerprint density at radius 2 is 2.06 bits per heavy atom. The van der Waals surface area contributed by atoms with Gasteiger partial charge in [-0.3, -0.25) is 0 Å². The minimum Gasteiger partial charge on any atom is -0.310 e. The topological polar surface area (TPSA) is 12.0 Å². The molecule has 1 aromatic rings. The molecule has 1 aromatic carbocycles. The normalized spacial score (nSPS) is 25.2. The van der Waals surface area contributed by atoms with Gasteiger partial charge in [-0.25, -0.2) is 0 Å². The fourth-order valence-corrected chi connectivity index (χ4v) is 3.82. The molecule has 2 heteroatoms. The molecule has 1 N–H and O–H groups in total. The largest absolute Gasteiger partial charge is 0.310 e. The van der Waals surface area contributed by atoms with E-state index in [1.165, 1.54) is 37.7 Å². The highest BCUT2D eigenvalue weighted by atomic mass is 32.2. The number of nitrogens with one attached hydrogen (secondary N) is 1. The van der Waals surface area contributed by atoms with Gasteiger partial charge in [-0.2, -0.15) is 11.8 Å². The fraction of sp³-hybridized carbons (Fsp3) is 0.625. The van der Waals surface area contributed by atoms with Crippen molar-refractivity contribution < 1.29 is 0 Å². The summed E-state index contributed by atoms with van der Waals surface area (Å²) in [5, 5.41) is 4.67. The molecule has 18 heavy (non-hydrogen) atoms. The monoisotopic (exact) mass is 263 g/mol. The van der Waals surface area contributed by atoms with Gasteiger partial charge >= 0.3 is 0 Å². The third-order valence-electron chi connectivity index (χ3n) is 3.96. The van der Waals surface area contributed by atoms with Crippen LogP contribution in [0.5, 0.6) is 0 Å². The van der Waals surface area contributed by atoms with Crippen molar-refractivity contribution in [2.75, 3.05) is 6.26 Å². The van der Waals surface area contributed by atoms with Crippen molar-refractivity contribution in [2.45, 2.75) is 56.4 Å². The zero-order valence-electron chi connectivity index (χ0n) is 11.6. The number of hydrogen-bond donors (Lipinski definition) is 1. The summed E-state index contributed by atoms with van der Waals surface area (Å²) in [4.78, 5) is 0. The first kappa shape index (κ1) is 14.0. The van der Waals surface area contributed by atoms with Gasteiger partial charge in [-0.15, -0.1) is 0 Å². The van der Waals surface area contributed by atoms with Gasteiger partial charge < -0.3 is 5.32 Å². The van der Waals surface area contributed by atoms with E-state index in [1.54, 1.807) is 0 Å². The predicted octanol–water partition coefficient (Wildman–Crippen LogP) is 3.88. The predicted molar refractivity (Wildman–Crippen MR) is 82.3 cm³/mol. The molecular weight excluding hydrogens is 238 g/mol. The summed E-state index contributed by atoms with van der Waals surface area (Å²) in [6.07, 6.45) is 8.83. The minimum atomic E-state index is 0.628. The summed E-state index contributed by atoms with van der Waals surface area (Å²) in [6, 6.07) is 12.2. The molecule has 0 spiro atoms. The molecule has 0 aliphatic heterocycles. The molecule has 0 aromatic heterocycles. The number of rotatable bonds is 6. The molecular formula is C16H25NS. The minimum absolute atomic E-state index is 0.628. The quantitative estimate of drug-likeness (QED) is 0.836. The maximum atomic E-state index is 3.83. The highest BCUT2D eigenvalue weighted by Gasteiger charge is 2.26. The summed E-state index contributed by atoms with van der Waals surface area (Å²) in [5.74, 6) is 0. The van der Waals surface area contributed by atoms with Crippen LogP contribution in [0.25, 0.3) is 0 Å². The van der Waals surface area contributed by atoms with Crippen LogP contribution >= 0.6 is 11.8 Å². The maximum Gasteiger partial charge on any atom is 0.0198 e. The van der Waals surface area contributed by atoms with Gasteiger partial charge in [0.15, 0.2) is 0 Å². The van der Waals surface area contributed by atoms with Crippen LogP contribution < -0.4 is 5.32 Å². The van der Waals surface area contributed by atoms with Gasteiger partial charge in [0, 0.05) is 17.3 Å². The molecule has 3 unspecified atom stereocenters. The lowest BCUT2D eigenvalue weighted by Crippen LogP contribution is -2.40. The average molecular weight is 263 g/mol. The van der Waals surface area contributed by atoms with Crippen molar-refractivity contribution in [2.24, 2.45) is 0 Å². The molecule has 0 heterocycles. The Morgan fingerprint density at radius 1 is 1.28 bits per heavy atom. The van der Waals surface area contributed by atoms with Crippen LogP contribution in [0.4, 0.5) is 0 Å². The summed E-state index contributed by atoms with van der Waals surface area (Å²) < 4.78 is 0. The molecule has 0 bridgehead atoms. The third-order valence-corrected chi connectivity index (χ3v) is 5.13. The van der Waals surface area contributed by atoms with E-state index in [1.807, 2.05) is 11.8 Å². The van der Waals surface area contributed by atoms with E-state index < -0.39 is 0 Å². The molecule has 0 saturated heterocycles. The fourth-order valence-electron chi connectivity index (χ4n) is 2.88. The Bertz CT molecular complexity index is 338. The molecule has 1 aliphatic rings. The molecule has 0 amide bonds. The smallest absolute Gasteiger partial charge is 0.0198 e. The second-order valence-corrected chi connectivity index (χ2v) is 6.48. The van der Waals surface area contributed by atoms with E-state index in [2.05, 4.69) is 48.8 Å². The Labute approximate surface area is 116 Å². The zero-order chi connectivity index (χ0) is 12.8. The Kier molecular flexibility index (Phi) is 5.58. The van der Waals surface area contributed by atoms with Gasteiger partial charge in [0.25, 0.3) is 0 Å². The summed E-state index contributed by atoms with van der Waals surface area (Å²) in [5.41, 5.74) is 1.46. The highest BCUT2D eigenvalue weighted by molar-refractivity contribution is 7.99. The van der Waals surface area contributed by atoms with Crippen molar-refractivity contribution in [1.29, 1.82) is 0 Å². The molecule has 1 nitrogen and oxygen atoms in total. The molecule has 1 saturated carbocycles. The second kappa shape index (κ2) is 7.20. The van der Waals surface area contributed by atoms with Crippen molar-refractivity contribution in [3.05, 3.63) is 35.9 Å². The van der Waals surface area contributed by atoms with Gasteiger partial charge in [0.1, 0.15) is 0 Å². The van der Waals surface area contributed by atoms with Crippen LogP contribution in [0.15, 0.2) is 30.3 Å². The van der Waals surface area contributed by atoms with E-state index in [0.717, 1.165) is 11.3 Å². The summed E-state index contributed by atoms with van der Waals surface area (Å²) in [6.45, 7) is 2.33. The van der Waals surface area contributed by atoms with E-state index in [0.29, 0.717) is 6.04 Å². The van der Waals surface area contributed by atoms with Crippen LogP contribution in [0.1, 0.15) is 38.2 Å². The van der Waals surface area contributed by atoms with Gasteiger partial charge in [-0.1, -0.05) is 36.8 Å². The Morgan fingerprint density at radius 3 is 2.78 bits per heavy atom. The first-order chi connectivity index (χ1) is 8.79. The van der Waals surface area contributed by atoms with Crippen LogP contribution in [0.2, 0.25) is 0 Å². The van der Waals surface area contributed by atoms with Crippen molar-refractivity contribution in [3.8, 4) is 0 Å².